The average molecular weight is 517 g/mol. The Morgan fingerprint density at radius 2 is 1.95 bits per heavy atom. The van der Waals surface area contributed by atoms with Crippen molar-refractivity contribution in [2.45, 2.75) is 98.4 Å². The predicted octanol–water partition coefficient (Wildman–Crippen LogP) is 5.17. The summed E-state index contributed by atoms with van der Waals surface area (Å²) in [6.07, 6.45) is 5.17. The predicted molar refractivity (Wildman–Crippen MR) is 153 cm³/mol. The third-order valence-corrected chi connectivity index (χ3v) is 7.67. The first-order valence-corrected chi connectivity index (χ1v) is 14.1. The van der Waals surface area contributed by atoms with Crippen LogP contribution in [0.15, 0.2) is 36.7 Å². The Bertz CT molecular complexity index is 955. The molecule has 2 rings (SSSR count). The largest absolute Gasteiger partial charge is 0.390 e. The van der Waals surface area contributed by atoms with Crippen LogP contribution in [0.5, 0.6) is 0 Å². The van der Waals surface area contributed by atoms with Crippen LogP contribution in [0.25, 0.3) is 10.9 Å². The minimum absolute atomic E-state index is 0.0370. The van der Waals surface area contributed by atoms with Gasteiger partial charge < -0.3 is 26.0 Å². The van der Waals surface area contributed by atoms with Crippen LogP contribution in [0, 0.1) is 17.3 Å². The van der Waals surface area contributed by atoms with Crippen LogP contribution in [-0.2, 0) is 11.3 Å². The lowest BCUT2D eigenvalue weighted by Crippen LogP contribution is -2.44. The number of nitrogens with one attached hydrogen (secondary N) is 1. The Labute approximate surface area is 224 Å². The quantitative estimate of drug-likeness (QED) is 0.204. The van der Waals surface area contributed by atoms with Crippen LogP contribution in [0.1, 0.15) is 85.3 Å². The first-order valence-electron chi connectivity index (χ1n) is 14.1. The number of hydrogen-bond acceptors (Lipinski definition) is 6. The van der Waals surface area contributed by atoms with Gasteiger partial charge in [-0.05, 0) is 49.7 Å². The van der Waals surface area contributed by atoms with Gasteiger partial charge in [0.05, 0.1) is 23.9 Å². The minimum Gasteiger partial charge on any atom is -0.390 e. The number of nitrogens with zero attached hydrogens (tertiary/aromatic N) is 2. The summed E-state index contributed by atoms with van der Waals surface area (Å²) in [6, 6.07) is 5.56. The van der Waals surface area contributed by atoms with Crippen LogP contribution in [0.3, 0.4) is 0 Å². The lowest BCUT2D eigenvalue weighted by Gasteiger charge is -2.32. The van der Waals surface area contributed by atoms with E-state index >= 15 is 0 Å². The van der Waals surface area contributed by atoms with Crippen LogP contribution < -0.4 is 11.1 Å². The number of unbranched alkanes of at least 4 members (excludes halogenated alkanes) is 1. The van der Waals surface area contributed by atoms with E-state index in [0.717, 1.165) is 54.4 Å². The van der Waals surface area contributed by atoms with Gasteiger partial charge in [-0.15, -0.1) is 0 Å². The minimum atomic E-state index is -0.735. The van der Waals surface area contributed by atoms with Gasteiger partial charge in [-0.2, -0.15) is 5.10 Å². The molecule has 1 heterocycles. The Morgan fingerprint density at radius 3 is 2.59 bits per heavy atom. The van der Waals surface area contributed by atoms with Crippen molar-refractivity contribution < 1.29 is 14.9 Å². The molecule has 0 amide bonds. The monoisotopic (exact) mass is 516 g/mol. The van der Waals surface area contributed by atoms with Crippen molar-refractivity contribution in [1.82, 2.24) is 15.1 Å². The average Bonchev–Trinajstić information content (AvgIpc) is 3.28. The summed E-state index contributed by atoms with van der Waals surface area (Å²) in [5.41, 5.74) is 9.22. The first-order chi connectivity index (χ1) is 17.5. The van der Waals surface area contributed by atoms with Crippen LogP contribution in [-0.4, -0.2) is 51.9 Å². The van der Waals surface area contributed by atoms with Crippen molar-refractivity contribution in [1.29, 1.82) is 0 Å². The van der Waals surface area contributed by atoms with E-state index in [2.05, 4.69) is 51.6 Å². The number of allylic oxidation sites excluding steroid dienone is 1. The van der Waals surface area contributed by atoms with Crippen molar-refractivity contribution in [3.63, 3.8) is 0 Å². The van der Waals surface area contributed by atoms with Crippen molar-refractivity contribution in [2.24, 2.45) is 23.0 Å². The Morgan fingerprint density at radius 1 is 1.22 bits per heavy atom. The molecule has 0 aliphatic heterocycles. The molecule has 5 N–H and O–H groups in total. The van der Waals surface area contributed by atoms with Crippen molar-refractivity contribution >= 4 is 10.9 Å². The molecule has 0 bridgehead atoms. The first kappa shape index (κ1) is 31.3. The van der Waals surface area contributed by atoms with Gasteiger partial charge >= 0.3 is 0 Å². The molecule has 7 heteroatoms. The number of nitrogens with two attached hydrogens (primary N) is 1. The van der Waals surface area contributed by atoms with Crippen molar-refractivity contribution in [3.05, 3.63) is 42.2 Å². The lowest BCUT2D eigenvalue weighted by molar-refractivity contribution is 0.0526. The molecule has 0 aliphatic rings. The normalized spacial score (nSPS) is 15.6. The third kappa shape index (κ3) is 9.10. The van der Waals surface area contributed by atoms with E-state index < -0.39 is 18.2 Å². The number of rotatable bonds is 18. The highest BCUT2D eigenvalue weighted by Crippen LogP contribution is 2.34. The van der Waals surface area contributed by atoms with E-state index in [4.69, 9.17) is 10.5 Å². The summed E-state index contributed by atoms with van der Waals surface area (Å²) < 4.78 is 7.44. The SMILES string of the molecule is C=C(NC[C@H](O)[C@@H](N)C[C@@H](C(C)C)[C@@H](O)c1ccc2cnn(CCCOCC)c2c1)C(C)(C)CCCC. The number of ether oxygens (including phenoxy) is 1. The molecule has 4 atom stereocenters. The molecule has 0 fully saturated rings. The van der Waals surface area contributed by atoms with Crippen molar-refractivity contribution in [3.8, 4) is 0 Å². The zero-order chi connectivity index (χ0) is 27.6. The number of fused-ring (bicyclic) bond motifs is 1. The maximum Gasteiger partial charge on any atom is 0.0863 e. The molecule has 0 aliphatic carbocycles. The summed E-state index contributed by atoms with van der Waals surface area (Å²) >= 11 is 0. The highest BCUT2D eigenvalue weighted by atomic mass is 16.5. The number of aliphatic hydroxyl groups is 2. The van der Waals surface area contributed by atoms with Crippen LogP contribution >= 0.6 is 0 Å². The standard InChI is InChI=1S/C30H52N4O3/c1-8-10-14-30(6,7)22(5)32-20-28(35)26(31)18-25(21(3)4)29(36)23-12-13-24-19-33-34(27(24)17-23)15-11-16-37-9-2/h12-13,17,19,21,25-26,28-29,32,35-36H,5,8-11,14-16,18,20,31H2,1-4,6-7H3/t25-,26-,28-,29-/m0/s1. The molecular weight excluding hydrogens is 464 g/mol. The third-order valence-electron chi connectivity index (χ3n) is 7.67. The Hall–Kier alpha value is -1.93. The summed E-state index contributed by atoms with van der Waals surface area (Å²) in [5.74, 6) is 0.0941. The summed E-state index contributed by atoms with van der Waals surface area (Å²) in [7, 11) is 0. The van der Waals surface area contributed by atoms with E-state index in [1.165, 1.54) is 0 Å². The second-order valence-corrected chi connectivity index (χ2v) is 11.4. The molecule has 0 spiro atoms. The van der Waals surface area contributed by atoms with Gasteiger partial charge in [0.25, 0.3) is 0 Å². The zero-order valence-electron chi connectivity index (χ0n) is 24.0. The number of aliphatic hydroxyl groups excluding tert-OH is 2. The fraction of sp³-hybridized carbons (Fsp3) is 0.700. The zero-order valence-corrected chi connectivity index (χ0v) is 24.0. The van der Waals surface area contributed by atoms with Gasteiger partial charge in [-0.25, -0.2) is 0 Å². The van der Waals surface area contributed by atoms with Gasteiger partial charge in [0.1, 0.15) is 0 Å². The topological polar surface area (TPSA) is 106 Å². The molecule has 7 nitrogen and oxygen atoms in total. The molecule has 2 aromatic rings. The highest BCUT2D eigenvalue weighted by Gasteiger charge is 2.30. The maximum absolute atomic E-state index is 11.4. The van der Waals surface area contributed by atoms with Gasteiger partial charge in [-0.1, -0.05) is 66.2 Å². The number of benzene rings is 1. The smallest absolute Gasteiger partial charge is 0.0863 e. The fourth-order valence-electron chi connectivity index (χ4n) is 4.78. The summed E-state index contributed by atoms with van der Waals surface area (Å²) in [6.45, 7) is 19.5. The van der Waals surface area contributed by atoms with E-state index in [1.54, 1.807) is 0 Å². The summed E-state index contributed by atoms with van der Waals surface area (Å²) in [4.78, 5) is 0. The van der Waals surface area contributed by atoms with Gasteiger partial charge in [0.2, 0.25) is 0 Å². The molecule has 0 radical (unpaired) electrons. The van der Waals surface area contributed by atoms with E-state index in [9.17, 15) is 10.2 Å². The molecule has 0 saturated carbocycles. The lowest BCUT2D eigenvalue weighted by atomic mass is 9.81. The second kappa shape index (κ2) is 14.9. The molecule has 0 saturated heterocycles. The highest BCUT2D eigenvalue weighted by molar-refractivity contribution is 5.79. The second-order valence-electron chi connectivity index (χ2n) is 11.4. The van der Waals surface area contributed by atoms with Crippen LogP contribution in [0.2, 0.25) is 0 Å². The number of aryl methyl sites for hydroxylation is 1. The molecular formula is C30H52N4O3. The molecule has 0 unspecified atom stereocenters. The fourth-order valence-corrected chi connectivity index (χ4v) is 4.78. The maximum atomic E-state index is 11.4. The number of aromatic nitrogens is 2. The van der Waals surface area contributed by atoms with Gasteiger partial charge in [0, 0.05) is 48.8 Å². The Balaban J connectivity index is 2.04. The van der Waals surface area contributed by atoms with Gasteiger partial charge in [-0.3, -0.25) is 4.68 Å². The van der Waals surface area contributed by atoms with E-state index in [1.807, 2.05) is 36.0 Å². The molecule has 37 heavy (non-hydrogen) atoms. The molecule has 1 aromatic carbocycles. The van der Waals surface area contributed by atoms with Gasteiger partial charge in [0.15, 0.2) is 0 Å². The van der Waals surface area contributed by atoms with Crippen LogP contribution in [0.4, 0.5) is 0 Å². The Kier molecular flexibility index (Phi) is 12.6. The molecule has 210 valence electrons. The van der Waals surface area contributed by atoms with E-state index in [0.29, 0.717) is 26.2 Å². The summed E-state index contributed by atoms with van der Waals surface area (Å²) in [5, 5.41) is 31.1. The van der Waals surface area contributed by atoms with Crippen molar-refractivity contribution in [2.75, 3.05) is 19.8 Å². The van der Waals surface area contributed by atoms with E-state index in [-0.39, 0.29) is 17.3 Å². The molecule has 1 aromatic heterocycles. The number of hydrogen-bond donors (Lipinski definition) is 4.